The van der Waals surface area contributed by atoms with E-state index in [1.54, 1.807) is 17.9 Å². The van der Waals surface area contributed by atoms with Crippen molar-refractivity contribution in [2.75, 3.05) is 16.8 Å². The molecule has 0 saturated carbocycles. The van der Waals surface area contributed by atoms with Gasteiger partial charge in [0.2, 0.25) is 5.91 Å². The summed E-state index contributed by atoms with van der Waals surface area (Å²) in [5, 5.41) is 2.92. The lowest BCUT2D eigenvalue weighted by Crippen LogP contribution is -2.53. The summed E-state index contributed by atoms with van der Waals surface area (Å²) in [6, 6.07) is 11.5. The van der Waals surface area contributed by atoms with E-state index in [2.05, 4.69) is 5.32 Å². The zero-order valence-electron chi connectivity index (χ0n) is 20.5. The number of ether oxygens (including phenoxy) is 1. The predicted molar refractivity (Wildman–Crippen MR) is 134 cm³/mol. The molecular weight excluding hydrogens is 442 g/mol. The van der Waals surface area contributed by atoms with E-state index in [0.29, 0.717) is 41.8 Å². The molecule has 7 heteroatoms. The van der Waals surface area contributed by atoms with Crippen LogP contribution in [0.4, 0.5) is 11.4 Å². The van der Waals surface area contributed by atoms with E-state index in [4.69, 9.17) is 10.5 Å². The lowest BCUT2D eigenvalue weighted by Gasteiger charge is -2.44. The fourth-order valence-corrected chi connectivity index (χ4v) is 5.76. The first-order chi connectivity index (χ1) is 16.7. The number of aryl methyl sites for hydroxylation is 3. The number of nitrogens with one attached hydrogen (secondary N) is 1. The molecule has 3 aliphatic rings. The first-order valence-electron chi connectivity index (χ1n) is 12.0. The Bertz CT molecular complexity index is 1370. The van der Waals surface area contributed by atoms with Crippen molar-refractivity contribution in [1.82, 2.24) is 0 Å². The molecule has 1 amide bonds. The number of nitrogens with zero attached hydrogens (tertiary/aromatic N) is 1. The Kier molecular flexibility index (Phi) is 5.31. The first-order valence-corrected chi connectivity index (χ1v) is 12.0. The van der Waals surface area contributed by atoms with Gasteiger partial charge in [-0.2, -0.15) is 0 Å². The highest BCUT2D eigenvalue weighted by molar-refractivity contribution is 6.23. The zero-order chi connectivity index (χ0) is 25.1. The number of esters is 1. The minimum absolute atomic E-state index is 0.00447. The fraction of sp³-hybridized carbons (Fsp3) is 0.321. The summed E-state index contributed by atoms with van der Waals surface area (Å²) in [5.74, 6) is -1.19. The molecule has 0 fully saturated rings. The van der Waals surface area contributed by atoms with Crippen molar-refractivity contribution in [1.29, 1.82) is 0 Å². The highest BCUT2D eigenvalue weighted by Crippen LogP contribution is 2.55. The number of allylic oxidation sites excluding steroid dienone is 1. The topological polar surface area (TPSA) is 102 Å². The third-order valence-corrected chi connectivity index (χ3v) is 7.14. The number of hydrogen-bond donors (Lipinski definition) is 2. The van der Waals surface area contributed by atoms with Crippen molar-refractivity contribution >= 4 is 29.0 Å². The molecule has 0 aromatic heterocycles. The number of carbonyl (C=O) groups excluding carboxylic acids is 3. The van der Waals surface area contributed by atoms with Gasteiger partial charge in [-0.1, -0.05) is 35.4 Å². The van der Waals surface area contributed by atoms with Gasteiger partial charge in [-0.3, -0.25) is 14.5 Å². The SMILES string of the molecule is CCOC(=O)C1=C(N)N(c2ccc(C)cc2C)C2=C(C(=O)CCC2)C12C(=O)Nc1ccc(C)cc12. The number of carbonyl (C=O) groups is 3. The van der Waals surface area contributed by atoms with Gasteiger partial charge in [0.1, 0.15) is 16.8 Å². The van der Waals surface area contributed by atoms with Crippen LogP contribution in [0.2, 0.25) is 0 Å². The number of nitrogens with two attached hydrogens (primary N) is 1. The number of Topliss-reactive ketones (excluding diaryl/α,β-unsaturated/α-hetero) is 1. The van der Waals surface area contributed by atoms with Crippen molar-refractivity contribution in [2.45, 2.75) is 52.4 Å². The van der Waals surface area contributed by atoms with Gasteiger partial charge in [-0.05, 0) is 58.2 Å². The molecule has 2 aromatic rings. The van der Waals surface area contributed by atoms with E-state index < -0.39 is 17.3 Å². The van der Waals surface area contributed by atoms with Crippen LogP contribution in [0.25, 0.3) is 0 Å². The lowest BCUT2D eigenvalue weighted by atomic mass is 9.63. The van der Waals surface area contributed by atoms with Crippen LogP contribution in [-0.4, -0.2) is 24.3 Å². The number of amides is 1. The number of anilines is 2. The average Bonchev–Trinajstić information content (AvgIpc) is 3.07. The summed E-state index contributed by atoms with van der Waals surface area (Å²) in [6.45, 7) is 7.70. The van der Waals surface area contributed by atoms with Crippen LogP contribution in [0.15, 0.2) is 59.1 Å². The molecule has 5 rings (SSSR count). The van der Waals surface area contributed by atoms with Gasteiger partial charge in [0.25, 0.3) is 0 Å². The molecule has 35 heavy (non-hydrogen) atoms. The minimum Gasteiger partial charge on any atom is -0.462 e. The van der Waals surface area contributed by atoms with Crippen molar-refractivity contribution in [2.24, 2.45) is 5.73 Å². The molecule has 180 valence electrons. The van der Waals surface area contributed by atoms with Gasteiger partial charge in [-0.15, -0.1) is 0 Å². The molecular formula is C28H29N3O4. The summed E-state index contributed by atoms with van der Waals surface area (Å²) in [7, 11) is 0. The number of rotatable bonds is 3. The summed E-state index contributed by atoms with van der Waals surface area (Å²) >= 11 is 0. The van der Waals surface area contributed by atoms with Gasteiger partial charge in [0.15, 0.2) is 5.78 Å². The number of ketones is 1. The van der Waals surface area contributed by atoms with E-state index in [0.717, 1.165) is 22.4 Å². The van der Waals surface area contributed by atoms with E-state index in [9.17, 15) is 14.4 Å². The van der Waals surface area contributed by atoms with Crippen LogP contribution in [-0.2, 0) is 24.5 Å². The molecule has 0 saturated heterocycles. The van der Waals surface area contributed by atoms with Crippen molar-refractivity contribution < 1.29 is 19.1 Å². The third-order valence-electron chi connectivity index (χ3n) is 7.14. The van der Waals surface area contributed by atoms with Gasteiger partial charge in [-0.25, -0.2) is 4.79 Å². The standard InChI is InChI=1S/C28H29N3O4/c1-5-35-26(33)24-25(29)31(20-12-10-15(2)13-17(20)4)21-7-6-8-22(32)23(21)28(24)18-14-16(3)9-11-19(18)30-27(28)34/h9-14H,5-8,29H2,1-4H3,(H,30,34). The average molecular weight is 472 g/mol. The van der Waals surface area contributed by atoms with Gasteiger partial charge in [0, 0.05) is 28.9 Å². The maximum Gasteiger partial charge on any atom is 0.339 e. The van der Waals surface area contributed by atoms with Crippen molar-refractivity contribution in [3.05, 3.63) is 81.3 Å². The highest BCUT2D eigenvalue weighted by Gasteiger charge is 2.62. The number of fused-ring (bicyclic) bond motifs is 3. The Hall–Kier alpha value is -3.87. The smallest absolute Gasteiger partial charge is 0.339 e. The van der Waals surface area contributed by atoms with Crippen molar-refractivity contribution in [3.63, 3.8) is 0 Å². The quantitative estimate of drug-likeness (QED) is 0.655. The van der Waals surface area contributed by atoms with Crippen molar-refractivity contribution in [3.8, 4) is 0 Å². The molecule has 2 aromatic carbocycles. The number of benzene rings is 2. The Morgan fingerprint density at radius 3 is 2.51 bits per heavy atom. The maximum absolute atomic E-state index is 13.9. The molecule has 1 aliphatic carbocycles. The summed E-state index contributed by atoms with van der Waals surface area (Å²) in [6.07, 6.45) is 1.49. The molecule has 0 radical (unpaired) electrons. The molecule has 0 bridgehead atoms. The largest absolute Gasteiger partial charge is 0.462 e. The molecule has 1 atom stereocenters. The summed E-state index contributed by atoms with van der Waals surface area (Å²) < 4.78 is 5.46. The van der Waals surface area contributed by atoms with Crippen LogP contribution < -0.4 is 16.0 Å². The second kappa shape index (κ2) is 8.12. The van der Waals surface area contributed by atoms with E-state index in [1.807, 2.05) is 51.1 Å². The van der Waals surface area contributed by atoms with Gasteiger partial charge < -0.3 is 15.8 Å². The van der Waals surface area contributed by atoms with Crippen LogP contribution >= 0.6 is 0 Å². The van der Waals surface area contributed by atoms with E-state index in [1.165, 1.54) is 0 Å². The molecule has 7 nitrogen and oxygen atoms in total. The zero-order valence-corrected chi connectivity index (χ0v) is 20.5. The fourth-order valence-electron chi connectivity index (χ4n) is 5.76. The predicted octanol–water partition coefficient (Wildman–Crippen LogP) is 4.06. The molecule has 1 unspecified atom stereocenters. The second-order valence-corrected chi connectivity index (χ2v) is 9.46. The van der Waals surface area contributed by atoms with Crippen LogP contribution in [0, 0.1) is 20.8 Å². The Morgan fingerprint density at radius 1 is 1.09 bits per heavy atom. The Labute approximate surface area is 204 Å². The van der Waals surface area contributed by atoms with E-state index >= 15 is 0 Å². The second-order valence-electron chi connectivity index (χ2n) is 9.46. The van der Waals surface area contributed by atoms with Gasteiger partial charge in [0.05, 0.1) is 12.3 Å². The van der Waals surface area contributed by atoms with Crippen LogP contribution in [0.1, 0.15) is 48.4 Å². The lowest BCUT2D eigenvalue weighted by molar-refractivity contribution is -0.140. The van der Waals surface area contributed by atoms with Crippen LogP contribution in [0.5, 0.6) is 0 Å². The molecule has 1 spiro atoms. The van der Waals surface area contributed by atoms with Gasteiger partial charge >= 0.3 is 5.97 Å². The molecule has 2 heterocycles. The van der Waals surface area contributed by atoms with Crippen LogP contribution in [0.3, 0.4) is 0 Å². The summed E-state index contributed by atoms with van der Waals surface area (Å²) in [4.78, 5) is 43.0. The normalized spacial score (nSPS) is 21.3. The highest BCUT2D eigenvalue weighted by atomic mass is 16.5. The first kappa shape index (κ1) is 22.9. The number of hydrogen-bond acceptors (Lipinski definition) is 6. The molecule has 2 aliphatic heterocycles. The summed E-state index contributed by atoms with van der Waals surface area (Å²) in [5.41, 5.74) is 11.0. The Balaban J connectivity index is 1.92. The third kappa shape index (κ3) is 3.14. The Morgan fingerprint density at radius 2 is 1.80 bits per heavy atom. The monoisotopic (exact) mass is 471 g/mol. The molecule has 3 N–H and O–H groups in total. The maximum atomic E-state index is 13.9. The minimum atomic E-state index is -1.65. The van der Waals surface area contributed by atoms with E-state index in [-0.39, 0.29) is 23.8 Å².